The zero-order valence-corrected chi connectivity index (χ0v) is 13.2. The zero-order chi connectivity index (χ0) is 15.2. The summed E-state index contributed by atoms with van der Waals surface area (Å²) < 4.78 is 19.2. The molecule has 0 radical (unpaired) electrons. The maximum Gasteiger partial charge on any atom is 0.167 e. The van der Waals surface area contributed by atoms with Crippen molar-refractivity contribution in [2.75, 3.05) is 17.7 Å². The van der Waals surface area contributed by atoms with E-state index in [1.807, 2.05) is 6.92 Å². The third kappa shape index (κ3) is 3.88. The Morgan fingerprint density at radius 2 is 2.14 bits per heavy atom. The van der Waals surface area contributed by atoms with Crippen LogP contribution in [0.5, 0.6) is 5.75 Å². The first-order valence-electron chi connectivity index (χ1n) is 7.16. The number of rotatable bonds is 7. The smallest absolute Gasteiger partial charge is 0.167 e. The molecule has 1 heterocycles. The van der Waals surface area contributed by atoms with Gasteiger partial charge in [0, 0.05) is 23.6 Å². The molecule has 114 valence electrons. The number of hydrogen-bond acceptors (Lipinski definition) is 4. The van der Waals surface area contributed by atoms with Crippen LogP contribution in [0.4, 0.5) is 15.8 Å². The average Bonchev–Trinajstić information content (AvgIpc) is 2.93. The van der Waals surface area contributed by atoms with E-state index in [2.05, 4.69) is 23.7 Å². The van der Waals surface area contributed by atoms with Crippen LogP contribution < -0.4 is 15.8 Å². The first-order chi connectivity index (χ1) is 10.2. The molecule has 0 spiro atoms. The van der Waals surface area contributed by atoms with Crippen molar-refractivity contribution in [3.63, 3.8) is 0 Å². The van der Waals surface area contributed by atoms with Crippen LogP contribution in [0, 0.1) is 5.82 Å². The van der Waals surface area contributed by atoms with E-state index in [0.717, 1.165) is 12.8 Å². The van der Waals surface area contributed by atoms with Gasteiger partial charge in [0.1, 0.15) is 0 Å². The van der Waals surface area contributed by atoms with Crippen LogP contribution in [0.3, 0.4) is 0 Å². The van der Waals surface area contributed by atoms with Gasteiger partial charge in [0.15, 0.2) is 11.6 Å². The van der Waals surface area contributed by atoms with Gasteiger partial charge in [-0.2, -0.15) is 0 Å². The second-order valence-corrected chi connectivity index (χ2v) is 5.80. The van der Waals surface area contributed by atoms with E-state index in [1.54, 1.807) is 17.4 Å². The third-order valence-corrected chi connectivity index (χ3v) is 4.19. The fraction of sp³-hybridized carbons (Fsp3) is 0.375. The van der Waals surface area contributed by atoms with E-state index in [-0.39, 0.29) is 5.75 Å². The predicted molar refractivity (Wildman–Crippen MR) is 87.6 cm³/mol. The highest BCUT2D eigenvalue weighted by Gasteiger charge is 2.10. The Kier molecular flexibility index (Phi) is 5.44. The summed E-state index contributed by atoms with van der Waals surface area (Å²) in [6.07, 6.45) is 1.84. The molecule has 5 heteroatoms. The summed E-state index contributed by atoms with van der Waals surface area (Å²) in [7, 11) is 0. The van der Waals surface area contributed by atoms with Crippen molar-refractivity contribution >= 4 is 22.7 Å². The molecule has 0 fully saturated rings. The van der Waals surface area contributed by atoms with Gasteiger partial charge in [-0.15, -0.1) is 11.3 Å². The van der Waals surface area contributed by atoms with E-state index < -0.39 is 5.82 Å². The SMILES string of the molecule is CCCOc1cc(NCc2sccc2CC)c(N)cc1F. The van der Waals surface area contributed by atoms with Gasteiger partial charge >= 0.3 is 0 Å². The minimum Gasteiger partial charge on any atom is -0.490 e. The molecule has 2 rings (SSSR count). The Balaban J connectivity index is 2.12. The molecule has 2 aromatic rings. The summed E-state index contributed by atoms with van der Waals surface area (Å²) >= 11 is 1.71. The fourth-order valence-electron chi connectivity index (χ4n) is 2.06. The lowest BCUT2D eigenvalue weighted by Crippen LogP contribution is -2.05. The minimum absolute atomic E-state index is 0.246. The van der Waals surface area contributed by atoms with E-state index in [4.69, 9.17) is 10.5 Å². The molecule has 0 atom stereocenters. The molecule has 0 aliphatic carbocycles. The predicted octanol–water partition coefficient (Wildman–Crippen LogP) is 4.43. The normalized spacial score (nSPS) is 10.6. The fourth-order valence-corrected chi connectivity index (χ4v) is 2.97. The first-order valence-corrected chi connectivity index (χ1v) is 8.04. The van der Waals surface area contributed by atoms with Crippen LogP contribution in [0.25, 0.3) is 0 Å². The lowest BCUT2D eigenvalue weighted by atomic mass is 10.2. The van der Waals surface area contributed by atoms with Gasteiger partial charge in [-0.05, 0) is 29.9 Å². The number of hydrogen-bond donors (Lipinski definition) is 2. The van der Waals surface area contributed by atoms with Gasteiger partial charge in [0.2, 0.25) is 0 Å². The van der Waals surface area contributed by atoms with Gasteiger partial charge in [0.25, 0.3) is 0 Å². The highest BCUT2D eigenvalue weighted by molar-refractivity contribution is 7.10. The number of nitrogens with two attached hydrogens (primary N) is 1. The van der Waals surface area contributed by atoms with Crippen molar-refractivity contribution in [2.24, 2.45) is 0 Å². The number of aryl methyl sites for hydroxylation is 1. The van der Waals surface area contributed by atoms with Gasteiger partial charge in [-0.25, -0.2) is 4.39 Å². The monoisotopic (exact) mass is 308 g/mol. The number of thiophene rings is 1. The molecule has 1 aromatic heterocycles. The summed E-state index contributed by atoms with van der Waals surface area (Å²) in [5, 5.41) is 5.36. The molecule has 21 heavy (non-hydrogen) atoms. The van der Waals surface area contributed by atoms with Crippen molar-refractivity contribution < 1.29 is 9.13 Å². The van der Waals surface area contributed by atoms with Gasteiger partial charge in [-0.3, -0.25) is 0 Å². The average molecular weight is 308 g/mol. The molecule has 0 saturated carbocycles. The molecule has 0 unspecified atom stereocenters. The standard InChI is InChI=1S/C16H21FN2OS/c1-3-6-20-15-9-14(13(18)8-12(15)17)19-10-16-11(4-2)5-7-21-16/h5,7-9,19H,3-4,6,10,18H2,1-2H3. The molecular weight excluding hydrogens is 287 g/mol. The topological polar surface area (TPSA) is 47.3 Å². The lowest BCUT2D eigenvalue weighted by molar-refractivity contribution is 0.301. The van der Waals surface area contributed by atoms with Crippen LogP contribution in [0.2, 0.25) is 0 Å². The van der Waals surface area contributed by atoms with Gasteiger partial charge in [0.05, 0.1) is 18.0 Å². The maximum atomic E-state index is 13.8. The molecule has 0 aliphatic heterocycles. The number of nitrogens with one attached hydrogen (secondary N) is 1. The van der Waals surface area contributed by atoms with E-state index in [1.165, 1.54) is 16.5 Å². The number of ether oxygens (including phenoxy) is 1. The molecular formula is C16H21FN2OS. The van der Waals surface area contributed by atoms with Gasteiger partial charge in [-0.1, -0.05) is 13.8 Å². The van der Waals surface area contributed by atoms with Crippen LogP contribution in [-0.2, 0) is 13.0 Å². The third-order valence-electron chi connectivity index (χ3n) is 3.22. The number of nitrogen functional groups attached to an aromatic ring is 1. The quantitative estimate of drug-likeness (QED) is 0.744. The molecule has 3 N–H and O–H groups in total. The van der Waals surface area contributed by atoms with Crippen molar-refractivity contribution in [3.05, 3.63) is 39.8 Å². The van der Waals surface area contributed by atoms with Crippen LogP contribution in [0.1, 0.15) is 30.7 Å². The highest BCUT2D eigenvalue weighted by Crippen LogP contribution is 2.29. The van der Waals surface area contributed by atoms with Crippen LogP contribution in [0.15, 0.2) is 23.6 Å². The van der Waals surface area contributed by atoms with Crippen molar-refractivity contribution in [1.29, 1.82) is 0 Å². The second kappa shape index (κ2) is 7.31. The highest BCUT2D eigenvalue weighted by atomic mass is 32.1. The van der Waals surface area contributed by atoms with Gasteiger partial charge < -0.3 is 15.8 Å². The second-order valence-electron chi connectivity index (χ2n) is 4.79. The molecule has 0 saturated heterocycles. The Morgan fingerprint density at radius 1 is 1.33 bits per heavy atom. The van der Waals surface area contributed by atoms with E-state index >= 15 is 0 Å². The summed E-state index contributed by atoms with van der Waals surface area (Å²) in [6, 6.07) is 5.08. The molecule has 0 aliphatic rings. The zero-order valence-electron chi connectivity index (χ0n) is 12.4. The Labute approximate surface area is 128 Å². The molecule has 0 amide bonds. The number of halogens is 1. The van der Waals surface area contributed by atoms with E-state index in [0.29, 0.717) is 24.5 Å². The largest absolute Gasteiger partial charge is 0.490 e. The summed E-state index contributed by atoms with van der Waals surface area (Å²) in [6.45, 7) is 5.29. The summed E-state index contributed by atoms with van der Waals surface area (Å²) in [5.74, 6) is -0.174. The first kappa shape index (κ1) is 15.6. The molecule has 1 aromatic carbocycles. The van der Waals surface area contributed by atoms with Crippen molar-refractivity contribution in [2.45, 2.75) is 33.2 Å². The van der Waals surface area contributed by atoms with Crippen LogP contribution >= 0.6 is 11.3 Å². The van der Waals surface area contributed by atoms with Crippen LogP contribution in [-0.4, -0.2) is 6.61 Å². The maximum absolute atomic E-state index is 13.8. The molecule has 0 bridgehead atoms. The number of anilines is 2. The Morgan fingerprint density at radius 3 is 2.86 bits per heavy atom. The summed E-state index contributed by atoms with van der Waals surface area (Å²) in [5.41, 5.74) is 8.30. The lowest BCUT2D eigenvalue weighted by Gasteiger charge is -2.13. The summed E-state index contributed by atoms with van der Waals surface area (Å²) in [4.78, 5) is 1.28. The Bertz CT molecular complexity index is 598. The van der Waals surface area contributed by atoms with Crippen molar-refractivity contribution in [3.8, 4) is 5.75 Å². The minimum atomic E-state index is -0.420. The van der Waals surface area contributed by atoms with Crippen molar-refractivity contribution in [1.82, 2.24) is 0 Å². The number of benzene rings is 1. The Hall–Kier alpha value is -1.75. The molecule has 3 nitrogen and oxygen atoms in total. The van der Waals surface area contributed by atoms with E-state index in [9.17, 15) is 4.39 Å².